The van der Waals surface area contributed by atoms with Crippen molar-refractivity contribution in [3.8, 4) is 40.2 Å². The molecule has 1 amide bonds. The van der Waals surface area contributed by atoms with Crippen molar-refractivity contribution in [2.45, 2.75) is 263 Å². The highest BCUT2D eigenvalue weighted by Gasteiger charge is 2.39. The Morgan fingerprint density at radius 3 is 1.11 bits per heavy atom. The highest BCUT2D eigenvalue weighted by Crippen LogP contribution is 2.44. The summed E-state index contributed by atoms with van der Waals surface area (Å²) < 4.78 is 37.8. The zero-order valence-electron chi connectivity index (χ0n) is 83.3. The number of Topliss-reactive ketones (excluding diaryl/α,β-unsaturated/α-hetero) is 1. The Balaban J connectivity index is 0.000000195. The predicted molar refractivity (Wildman–Crippen MR) is 546 cm³/mol. The quantitative estimate of drug-likeness (QED) is 0.143. The molecule has 10 aliphatic rings. The molecule has 11 heterocycles. The number of hydrogen-bond donors (Lipinski definition) is 0. The van der Waals surface area contributed by atoms with Gasteiger partial charge < -0.3 is 57.7 Å². The number of benzene rings is 9. The Labute approximate surface area is 782 Å². The molecule has 1 aromatic heterocycles. The van der Waals surface area contributed by atoms with E-state index in [1.54, 1.807) is 17.3 Å². The summed E-state index contributed by atoms with van der Waals surface area (Å²) in [5.41, 5.74) is 16.3. The normalized spacial score (nSPS) is 15.5. The lowest BCUT2D eigenvalue weighted by Gasteiger charge is -2.41. The van der Waals surface area contributed by atoms with Gasteiger partial charge in [0.15, 0.2) is 12.4 Å². The minimum Gasteiger partial charge on any atom is -0.493 e. The summed E-state index contributed by atoms with van der Waals surface area (Å²) >= 11 is 1.97. The number of fused-ring (bicyclic) bond motifs is 10. The van der Waals surface area contributed by atoms with E-state index in [4.69, 9.17) is 33.2 Å². The number of anilines is 5. The van der Waals surface area contributed by atoms with E-state index in [-0.39, 0.29) is 63.9 Å². The summed E-state index contributed by atoms with van der Waals surface area (Å²) in [4.78, 5) is 40.7. The molecule has 0 saturated carbocycles. The number of carbonyl (C=O) groups is 2. The molecule has 0 fully saturated rings. The summed E-state index contributed by atoms with van der Waals surface area (Å²) in [7, 11) is 0. The number of amides is 1. The number of ketones is 1. The topological polar surface area (TPSA) is 128 Å². The fourth-order valence-corrected chi connectivity index (χ4v) is 17.5. The number of thioether (sulfide) groups is 1. The van der Waals surface area contributed by atoms with Gasteiger partial charge in [-0.3, -0.25) is 14.6 Å². The molecule has 0 saturated heterocycles. The van der Waals surface area contributed by atoms with Crippen molar-refractivity contribution < 1.29 is 42.7 Å². The minimum absolute atomic E-state index is 0.0150. The Bertz CT molecular complexity index is 4480. The number of carbonyl (C=O) groups excluding carboxylic acids is 2. The van der Waals surface area contributed by atoms with Crippen molar-refractivity contribution in [3.63, 3.8) is 0 Å². The van der Waals surface area contributed by atoms with Crippen molar-refractivity contribution >= 4 is 51.9 Å². The molecular formula is C113H156N6O9S. The average molecular weight is 1770 g/mol. The van der Waals surface area contributed by atoms with Crippen molar-refractivity contribution in [1.29, 1.82) is 0 Å². The van der Waals surface area contributed by atoms with Gasteiger partial charge in [0.05, 0.1) is 62.1 Å². The highest BCUT2D eigenvalue weighted by atomic mass is 32.2. The molecule has 0 bridgehead atoms. The lowest BCUT2D eigenvalue weighted by atomic mass is 9.73. The Kier molecular flexibility index (Phi) is 41.8. The van der Waals surface area contributed by atoms with Gasteiger partial charge in [0, 0.05) is 99.4 Å². The lowest BCUT2D eigenvalue weighted by molar-refractivity contribution is -0.126. The third-order valence-electron chi connectivity index (χ3n) is 22.2. The molecule has 1 unspecified atom stereocenters. The van der Waals surface area contributed by atoms with Crippen LogP contribution < -0.4 is 57.7 Å². The minimum atomic E-state index is -0.211. The zero-order valence-corrected chi connectivity index (χ0v) is 84.1. The van der Waals surface area contributed by atoms with Crippen LogP contribution in [-0.4, -0.2) is 123 Å². The zero-order chi connectivity index (χ0) is 94.5. The summed E-state index contributed by atoms with van der Waals surface area (Å²) in [5.74, 6) is 8.18. The van der Waals surface area contributed by atoms with Crippen LogP contribution in [-0.2, 0) is 48.1 Å². The molecule has 9 aromatic carbocycles. The van der Waals surface area contributed by atoms with E-state index in [0.29, 0.717) is 0 Å². The fraction of sp³-hybridized carbons (Fsp3) is 0.460. The number of aryl methyl sites for hydroxylation is 2. The third kappa shape index (κ3) is 31.1. The van der Waals surface area contributed by atoms with Gasteiger partial charge in [-0.15, -0.1) is 11.8 Å². The summed E-state index contributed by atoms with van der Waals surface area (Å²) in [5, 5.41) is 0. The van der Waals surface area contributed by atoms with Crippen LogP contribution in [0.1, 0.15) is 231 Å². The van der Waals surface area contributed by atoms with Gasteiger partial charge in [0.2, 0.25) is 0 Å². The molecule has 698 valence electrons. The Morgan fingerprint density at radius 1 is 0.302 bits per heavy atom. The first-order valence-corrected chi connectivity index (χ1v) is 48.4. The van der Waals surface area contributed by atoms with Gasteiger partial charge in [0.1, 0.15) is 60.1 Å². The van der Waals surface area contributed by atoms with E-state index in [0.717, 1.165) is 117 Å². The monoisotopic (exact) mass is 1770 g/mol. The number of aromatic nitrogens is 1. The van der Waals surface area contributed by atoms with Crippen LogP contribution in [0.3, 0.4) is 0 Å². The van der Waals surface area contributed by atoms with E-state index >= 15 is 0 Å². The number of hydrogen-bond acceptors (Lipinski definition) is 15. The molecule has 0 radical (unpaired) electrons. The van der Waals surface area contributed by atoms with Crippen LogP contribution in [0, 0.1) is 5.41 Å². The molecule has 129 heavy (non-hydrogen) atoms. The molecule has 0 spiro atoms. The average Bonchev–Trinajstić information content (AvgIpc) is 1.38. The lowest BCUT2D eigenvalue weighted by Crippen LogP contribution is -2.50. The first-order valence-electron chi connectivity index (χ1n) is 47.4. The maximum absolute atomic E-state index is 11.9. The van der Waals surface area contributed by atoms with Gasteiger partial charge in [-0.1, -0.05) is 222 Å². The van der Waals surface area contributed by atoms with E-state index in [9.17, 15) is 9.59 Å². The summed E-state index contributed by atoms with van der Waals surface area (Å²) in [6.07, 6.45) is 11.8. The number of pyridine rings is 1. The van der Waals surface area contributed by atoms with Crippen LogP contribution in [0.4, 0.5) is 28.4 Å². The Morgan fingerprint density at radius 2 is 0.659 bits per heavy atom. The van der Waals surface area contributed by atoms with Crippen molar-refractivity contribution in [1.82, 2.24) is 4.98 Å². The molecule has 20 rings (SSSR count). The molecule has 1 atom stereocenters. The molecule has 16 heteroatoms. The van der Waals surface area contributed by atoms with E-state index < -0.39 is 0 Å². The molecular weight excluding hydrogens is 1620 g/mol. The van der Waals surface area contributed by atoms with Gasteiger partial charge in [-0.25, -0.2) is 0 Å². The largest absolute Gasteiger partial charge is 0.493 e. The van der Waals surface area contributed by atoms with Crippen LogP contribution in [0.5, 0.6) is 40.2 Å². The van der Waals surface area contributed by atoms with Crippen LogP contribution in [0.15, 0.2) is 242 Å². The molecule has 0 aliphatic carbocycles. The maximum atomic E-state index is 11.9. The fourth-order valence-electron chi connectivity index (χ4n) is 16.4. The molecule has 10 aliphatic heterocycles. The standard InChI is InChI=1S/C13H19N.C13H16O2.C12H15NO2.2C12H17NO.C12H17N.2C8H8O.C8H8S.C7H7NO.4C2H6/c1-13(2,3)14-10-6-8-11-7-4-5-9-12(11)14;1-13(2,3)12-9-6-4-5-7-11(9)15-8-10(12)14;1-12(2,3)13-9-6-4-5-7-10(9)15-8-11(13)14;2*1-12(2,3)13-8-9-14-11-7-5-4-6-10(11)13;1-12(2,3)13-9-8-10-6-4-5-7-11(10)13;3*1-2-4-8-7(3-1)5-6-9-8;1-3-8-5-7-6(1)2-4-9-7;4*1-2/h4-5,7,9H,6,8,10H2,1-3H3;4-7,12H,8H2,1-3H3;4-7H,8H2,1-3H3;2*4-7H,8-9H2,1-3H3;4-7H,8-9H2,1-3H3;3*1-4H,5-6H2;1,3,5H,2,4H2;4*1-2H3. The van der Waals surface area contributed by atoms with Crippen LogP contribution in [0.2, 0.25) is 0 Å². The third-order valence-corrected chi connectivity index (χ3v) is 23.3. The van der Waals surface area contributed by atoms with Crippen LogP contribution in [0.25, 0.3) is 0 Å². The first-order chi connectivity index (χ1) is 61.7. The van der Waals surface area contributed by atoms with E-state index in [1.165, 1.54) is 106 Å². The second kappa shape index (κ2) is 51.1. The van der Waals surface area contributed by atoms with E-state index in [1.807, 2.05) is 203 Å². The maximum Gasteiger partial charge on any atom is 0.265 e. The van der Waals surface area contributed by atoms with Gasteiger partial charge in [0.25, 0.3) is 5.91 Å². The van der Waals surface area contributed by atoms with Crippen molar-refractivity contribution in [2.24, 2.45) is 5.41 Å². The predicted octanol–water partition coefficient (Wildman–Crippen LogP) is 27.1. The highest BCUT2D eigenvalue weighted by molar-refractivity contribution is 7.99. The van der Waals surface area contributed by atoms with Gasteiger partial charge >= 0.3 is 0 Å². The molecule has 10 aromatic rings. The number of para-hydroxylation sites is 11. The molecule has 15 nitrogen and oxygen atoms in total. The number of rotatable bonds is 0. The second-order valence-electron chi connectivity index (χ2n) is 37.5. The Hall–Kier alpha value is -10.6. The number of ether oxygens (including phenoxy) is 7. The van der Waals surface area contributed by atoms with E-state index in [2.05, 4.69) is 238 Å². The second-order valence-corrected chi connectivity index (χ2v) is 38.6. The van der Waals surface area contributed by atoms with Crippen LogP contribution >= 0.6 is 11.8 Å². The van der Waals surface area contributed by atoms with Gasteiger partial charge in [-0.05, 0) is 242 Å². The summed E-state index contributed by atoms with van der Waals surface area (Å²) in [6, 6.07) is 76.5. The summed E-state index contributed by atoms with van der Waals surface area (Å²) in [6.45, 7) is 64.2. The first kappa shape index (κ1) is 105. The van der Waals surface area contributed by atoms with Crippen molar-refractivity contribution in [3.05, 3.63) is 276 Å². The number of nitrogens with zero attached hydrogens (tertiary/aromatic N) is 6. The SMILES string of the molecule is CC.CC.CC.CC.CC(C)(C)C1C(=O)COc2ccccc21.CC(C)(C)N1C(=O)COc2ccccc21.CC(C)(C)N1CCCc2ccccc21.CC(C)(C)N1CCOc2ccccc21.CC(C)(C)N1CCOc2ccccc21.CC(C)(C)N1CCc2ccccc21.c1cc2c(cn1)OCC2.c1ccc2c(c1)CCO2.c1ccc2c(c1)CCO2.c1ccc2c(c1)CCS2. The smallest absolute Gasteiger partial charge is 0.265 e. The van der Waals surface area contributed by atoms with Gasteiger partial charge in [-0.2, -0.15) is 0 Å². The molecule has 0 N–H and O–H groups in total. The van der Waals surface area contributed by atoms with Crippen molar-refractivity contribution in [2.75, 3.05) is 103 Å².